The normalized spacial score (nSPS) is 15.6. The number of ether oxygens (including phenoxy) is 3. The van der Waals surface area contributed by atoms with Crippen LogP contribution in [-0.4, -0.2) is 43.7 Å². The second-order valence-corrected chi connectivity index (χ2v) is 6.50. The summed E-state index contributed by atoms with van der Waals surface area (Å²) >= 11 is 0. The molecule has 0 spiro atoms. The second kappa shape index (κ2) is 8.08. The van der Waals surface area contributed by atoms with Crippen molar-refractivity contribution in [2.75, 3.05) is 6.61 Å². The van der Waals surface area contributed by atoms with Crippen molar-refractivity contribution in [3.8, 4) is 28.9 Å². The van der Waals surface area contributed by atoms with Gasteiger partial charge < -0.3 is 24.3 Å². The SMILES string of the molecule is O=[N+]([O-])c1cn2c(n1)OC(COc1ccc(-c3ccc(OC(F)(F)F)cc3)nn1)CC2. The van der Waals surface area contributed by atoms with Gasteiger partial charge in [0.2, 0.25) is 5.88 Å². The zero-order chi connectivity index (χ0) is 22.0. The summed E-state index contributed by atoms with van der Waals surface area (Å²) in [4.78, 5) is 14.0. The first kappa shape index (κ1) is 20.4. The van der Waals surface area contributed by atoms with Gasteiger partial charge >= 0.3 is 18.2 Å². The molecule has 2 aromatic heterocycles. The fourth-order valence-corrected chi connectivity index (χ4v) is 2.89. The molecular weight excluding hydrogens is 423 g/mol. The zero-order valence-electron chi connectivity index (χ0n) is 15.7. The number of benzene rings is 1. The van der Waals surface area contributed by atoms with Crippen LogP contribution < -0.4 is 14.2 Å². The van der Waals surface area contributed by atoms with E-state index < -0.39 is 11.3 Å². The van der Waals surface area contributed by atoms with Crippen LogP contribution in [0.4, 0.5) is 19.0 Å². The van der Waals surface area contributed by atoms with E-state index in [-0.39, 0.29) is 36.2 Å². The lowest BCUT2D eigenvalue weighted by atomic mass is 10.1. The van der Waals surface area contributed by atoms with Crippen molar-refractivity contribution < 1.29 is 32.3 Å². The van der Waals surface area contributed by atoms with Crippen molar-refractivity contribution in [1.82, 2.24) is 19.7 Å². The van der Waals surface area contributed by atoms with Crippen LogP contribution in [0.1, 0.15) is 6.42 Å². The molecule has 3 aromatic rings. The lowest BCUT2D eigenvalue weighted by molar-refractivity contribution is -0.389. The molecule has 1 atom stereocenters. The number of imidazole rings is 1. The molecule has 4 rings (SSSR count). The zero-order valence-corrected chi connectivity index (χ0v) is 15.7. The van der Waals surface area contributed by atoms with Crippen molar-refractivity contribution in [2.45, 2.75) is 25.4 Å². The molecule has 1 aromatic carbocycles. The highest BCUT2D eigenvalue weighted by Gasteiger charge is 2.31. The molecule has 0 saturated carbocycles. The minimum atomic E-state index is -4.75. The van der Waals surface area contributed by atoms with Gasteiger partial charge in [-0.3, -0.25) is 4.57 Å². The van der Waals surface area contributed by atoms with Crippen molar-refractivity contribution in [1.29, 1.82) is 0 Å². The predicted octanol–water partition coefficient (Wildman–Crippen LogP) is 3.38. The van der Waals surface area contributed by atoms with E-state index in [1.165, 1.54) is 30.5 Å². The van der Waals surface area contributed by atoms with E-state index in [1.807, 2.05) is 0 Å². The van der Waals surface area contributed by atoms with E-state index in [0.717, 1.165) is 0 Å². The molecule has 0 amide bonds. The lowest BCUT2D eigenvalue weighted by Gasteiger charge is -2.21. The van der Waals surface area contributed by atoms with Crippen LogP contribution in [-0.2, 0) is 6.54 Å². The predicted molar refractivity (Wildman–Crippen MR) is 97.6 cm³/mol. The summed E-state index contributed by atoms with van der Waals surface area (Å²) in [5.74, 6) is -0.386. The van der Waals surface area contributed by atoms with Gasteiger partial charge in [-0.2, -0.15) is 0 Å². The van der Waals surface area contributed by atoms with E-state index in [9.17, 15) is 23.3 Å². The van der Waals surface area contributed by atoms with Crippen LogP contribution in [0.5, 0.6) is 17.6 Å². The smallest absolute Gasteiger partial charge is 0.473 e. The third-order valence-electron chi connectivity index (χ3n) is 4.32. The van der Waals surface area contributed by atoms with Crippen LogP contribution >= 0.6 is 0 Å². The summed E-state index contributed by atoms with van der Waals surface area (Å²) in [5.41, 5.74) is 0.992. The van der Waals surface area contributed by atoms with Crippen LogP contribution in [0.3, 0.4) is 0 Å². The monoisotopic (exact) mass is 437 g/mol. The molecule has 1 aliphatic rings. The third-order valence-corrected chi connectivity index (χ3v) is 4.32. The molecule has 10 nitrogen and oxygen atoms in total. The molecule has 0 bridgehead atoms. The highest BCUT2D eigenvalue weighted by molar-refractivity contribution is 5.59. The standard InChI is InChI=1S/C18H14F3N5O5/c19-18(20,21)31-12-3-1-11(2-4-12)14-5-6-16(24-23-14)29-10-13-7-8-25-9-15(26(27)28)22-17(25)30-13/h1-6,9,13H,7-8,10H2. The maximum absolute atomic E-state index is 12.2. The number of nitrogens with zero attached hydrogens (tertiary/aromatic N) is 5. The fraction of sp³-hybridized carbons (Fsp3) is 0.278. The molecule has 31 heavy (non-hydrogen) atoms. The van der Waals surface area contributed by atoms with Crippen molar-refractivity contribution in [3.05, 3.63) is 52.7 Å². The highest BCUT2D eigenvalue weighted by atomic mass is 19.4. The highest BCUT2D eigenvalue weighted by Crippen LogP contribution is 2.27. The summed E-state index contributed by atoms with van der Waals surface area (Å²) in [7, 11) is 0. The quantitative estimate of drug-likeness (QED) is 0.426. The van der Waals surface area contributed by atoms with Crippen LogP contribution in [0.2, 0.25) is 0 Å². The van der Waals surface area contributed by atoms with Gasteiger partial charge in [-0.05, 0) is 35.3 Å². The maximum Gasteiger partial charge on any atom is 0.573 e. The van der Waals surface area contributed by atoms with Gasteiger partial charge in [0.05, 0.1) is 5.69 Å². The van der Waals surface area contributed by atoms with Crippen LogP contribution in [0, 0.1) is 10.1 Å². The molecule has 0 saturated heterocycles. The number of aryl methyl sites for hydroxylation is 1. The molecule has 0 aliphatic carbocycles. The third kappa shape index (κ3) is 4.99. The van der Waals surface area contributed by atoms with E-state index in [2.05, 4.69) is 19.9 Å². The van der Waals surface area contributed by atoms with Gasteiger partial charge in [0.15, 0.2) is 0 Å². The van der Waals surface area contributed by atoms with Gasteiger partial charge in [-0.1, -0.05) is 0 Å². The summed E-state index contributed by atoms with van der Waals surface area (Å²) in [5, 5.41) is 18.7. The molecule has 1 aliphatic heterocycles. The molecule has 13 heteroatoms. The molecular formula is C18H14F3N5O5. The molecule has 3 heterocycles. The number of hydrogen-bond acceptors (Lipinski definition) is 8. The Bertz CT molecular complexity index is 1070. The minimum Gasteiger partial charge on any atom is -0.473 e. The topological polar surface area (TPSA) is 114 Å². The Labute approximate surface area is 172 Å². The van der Waals surface area contributed by atoms with Crippen molar-refractivity contribution in [2.24, 2.45) is 0 Å². The van der Waals surface area contributed by atoms with Gasteiger partial charge in [0, 0.05) is 29.6 Å². The first-order valence-corrected chi connectivity index (χ1v) is 8.98. The summed E-state index contributed by atoms with van der Waals surface area (Å²) < 4.78 is 53.2. The number of hydrogen-bond donors (Lipinski definition) is 0. The van der Waals surface area contributed by atoms with Gasteiger partial charge in [-0.15, -0.1) is 23.4 Å². The molecule has 0 fully saturated rings. The largest absolute Gasteiger partial charge is 0.573 e. The Morgan fingerprint density at radius 1 is 1.19 bits per heavy atom. The fourth-order valence-electron chi connectivity index (χ4n) is 2.89. The maximum atomic E-state index is 12.2. The van der Waals surface area contributed by atoms with E-state index >= 15 is 0 Å². The Morgan fingerprint density at radius 3 is 2.61 bits per heavy atom. The Balaban J connectivity index is 1.33. The average molecular weight is 437 g/mol. The Morgan fingerprint density at radius 2 is 1.97 bits per heavy atom. The number of nitro groups is 1. The summed E-state index contributed by atoms with van der Waals surface area (Å²) in [6.45, 7) is 0.640. The van der Waals surface area contributed by atoms with E-state index in [4.69, 9.17) is 9.47 Å². The van der Waals surface area contributed by atoms with Crippen LogP contribution in [0.15, 0.2) is 42.6 Å². The number of aromatic nitrogens is 4. The van der Waals surface area contributed by atoms with Crippen molar-refractivity contribution >= 4 is 5.82 Å². The molecule has 0 radical (unpaired) electrons. The van der Waals surface area contributed by atoms with E-state index in [1.54, 1.807) is 16.7 Å². The van der Waals surface area contributed by atoms with Crippen LogP contribution in [0.25, 0.3) is 11.3 Å². The van der Waals surface area contributed by atoms with Crippen molar-refractivity contribution in [3.63, 3.8) is 0 Å². The summed E-state index contributed by atoms with van der Waals surface area (Å²) in [6.07, 6.45) is -3.23. The summed E-state index contributed by atoms with van der Waals surface area (Å²) in [6, 6.07) is 8.57. The Hall–Kier alpha value is -3.90. The van der Waals surface area contributed by atoms with Gasteiger partial charge in [0.1, 0.15) is 24.7 Å². The first-order chi connectivity index (χ1) is 14.8. The Kier molecular flexibility index (Phi) is 5.31. The first-order valence-electron chi connectivity index (χ1n) is 8.98. The second-order valence-electron chi connectivity index (χ2n) is 6.50. The van der Waals surface area contributed by atoms with Gasteiger partial charge in [0.25, 0.3) is 0 Å². The number of alkyl halides is 3. The minimum absolute atomic E-state index is 0.137. The molecule has 1 unspecified atom stereocenters. The number of halogens is 3. The molecule has 0 N–H and O–H groups in total. The molecule has 162 valence electrons. The van der Waals surface area contributed by atoms with Gasteiger partial charge in [-0.25, -0.2) is 0 Å². The average Bonchev–Trinajstić information content (AvgIpc) is 3.16. The number of rotatable bonds is 6. The lowest BCUT2D eigenvalue weighted by Crippen LogP contribution is -2.31. The number of fused-ring (bicyclic) bond motifs is 1. The van der Waals surface area contributed by atoms with E-state index in [0.29, 0.717) is 24.2 Å².